The summed E-state index contributed by atoms with van der Waals surface area (Å²) in [4.78, 5) is 12.5. The van der Waals surface area contributed by atoms with Gasteiger partial charge in [-0.2, -0.15) is 5.10 Å². The molecule has 1 aliphatic rings. The van der Waals surface area contributed by atoms with Crippen molar-refractivity contribution in [3.8, 4) is 22.8 Å². The van der Waals surface area contributed by atoms with E-state index in [2.05, 4.69) is 15.5 Å². The van der Waals surface area contributed by atoms with Crippen LogP contribution in [0.1, 0.15) is 10.4 Å². The van der Waals surface area contributed by atoms with Crippen LogP contribution in [0.3, 0.4) is 0 Å². The molecule has 0 unspecified atom stereocenters. The number of hydrogen-bond donors (Lipinski definition) is 2. The third-order valence-corrected chi connectivity index (χ3v) is 3.58. The van der Waals surface area contributed by atoms with E-state index >= 15 is 0 Å². The third-order valence-electron chi connectivity index (χ3n) is 3.58. The Balaban J connectivity index is 1.60. The topological polar surface area (TPSA) is 76.2 Å². The first-order valence-corrected chi connectivity index (χ1v) is 7.11. The van der Waals surface area contributed by atoms with Crippen LogP contribution in [-0.4, -0.2) is 22.9 Å². The second-order valence-electron chi connectivity index (χ2n) is 5.05. The van der Waals surface area contributed by atoms with Crippen molar-refractivity contribution in [1.82, 2.24) is 10.2 Å². The third kappa shape index (κ3) is 2.50. The molecule has 3 aromatic rings. The lowest BCUT2D eigenvalue weighted by molar-refractivity contribution is 0.102. The lowest BCUT2D eigenvalue weighted by Gasteiger charge is -2.07. The molecule has 0 aliphatic carbocycles. The molecule has 4 rings (SSSR count). The SMILES string of the molecule is O=C(Nc1ccc2c(c1)OCO2)c1cn[nH]c1-c1ccccc1. The van der Waals surface area contributed by atoms with Crippen LogP contribution in [0.2, 0.25) is 0 Å². The monoisotopic (exact) mass is 307 g/mol. The van der Waals surface area contributed by atoms with Gasteiger partial charge in [0, 0.05) is 17.3 Å². The predicted molar refractivity (Wildman–Crippen MR) is 84.5 cm³/mol. The molecule has 0 atom stereocenters. The lowest BCUT2D eigenvalue weighted by atomic mass is 10.1. The van der Waals surface area contributed by atoms with Crippen LogP contribution in [0.4, 0.5) is 5.69 Å². The zero-order valence-electron chi connectivity index (χ0n) is 12.1. The molecule has 6 heteroatoms. The quantitative estimate of drug-likeness (QED) is 0.779. The van der Waals surface area contributed by atoms with Crippen molar-refractivity contribution < 1.29 is 14.3 Å². The number of aromatic amines is 1. The van der Waals surface area contributed by atoms with Crippen molar-refractivity contribution in [1.29, 1.82) is 0 Å². The summed E-state index contributed by atoms with van der Waals surface area (Å²) in [6.07, 6.45) is 1.52. The number of H-pyrrole nitrogens is 1. The van der Waals surface area contributed by atoms with Crippen LogP contribution in [-0.2, 0) is 0 Å². The fraction of sp³-hybridized carbons (Fsp3) is 0.0588. The normalized spacial score (nSPS) is 12.2. The highest BCUT2D eigenvalue weighted by Crippen LogP contribution is 2.34. The Morgan fingerprint density at radius 3 is 2.78 bits per heavy atom. The summed E-state index contributed by atoms with van der Waals surface area (Å²) in [5, 5.41) is 9.71. The summed E-state index contributed by atoms with van der Waals surface area (Å²) in [6.45, 7) is 0.201. The number of rotatable bonds is 3. The second-order valence-corrected chi connectivity index (χ2v) is 5.05. The number of nitrogens with zero attached hydrogens (tertiary/aromatic N) is 1. The average Bonchev–Trinajstić information content (AvgIpc) is 3.24. The number of hydrogen-bond acceptors (Lipinski definition) is 4. The molecular formula is C17H13N3O3. The highest BCUT2D eigenvalue weighted by molar-refractivity contribution is 6.08. The van der Waals surface area contributed by atoms with Gasteiger partial charge in [0.2, 0.25) is 6.79 Å². The van der Waals surface area contributed by atoms with E-state index in [1.807, 2.05) is 30.3 Å². The smallest absolute Gasteiger partial charge is 0.259 e. The van der Waals surface area contributed by atoms with Gasteiger partial charge in [-0.25, -0.2) is 0 Å². The Morgan fingerprint density at radius 1 is 1.09 bits per heavy atom. The number of ether oxygens (including phenoxy) is 2. The van der Waals surface area contributed by atoms with E-state index in [1.54, 1.807) is 18.2 Å². The summed E-state index contributed by atoms with van der Waals surface area (Å²) in [7, 11) is 0. The van der Waals surface area contributed by atoms with E-state index in [1.165, 1.54) is 6.20 Å². The molecule has 0 fully saturated rings. The zero-order valence-corrected chi connectivity index (χ0v) is 12.1. The van der Waals surface area contributed by atoms with E-state index in [9.17, 15) is 4.79 Å². The Bertz CT molecular complexity index is 859. The van der Waals surface area contributed by atoms with Crippen LogP contribution in [0.5, 0.6) is 11.5 Å². The second kappa shape index (κ2) is 5.49. The zero-order chi connectivity index (χ0) is 15.6. The first kappa shape index (κ1) is 13.4. The van der Waals surface area contributed by atoms with Crippen molar-refractivity contribution in [2.24, 2.45) is 0 Å². The van der Waals surface area contributed by atoms with E-state index in [4.69, 9.17) is 9.47 Å². The van der Waals surface area contributed by atoms with Gasteiger partial charge in [-0.1, -0.05) is 30.3 Å². The predicted octanol–water partition coefficient (Wildman–Crippen LogP) is 3.06. The van der Waals surface area contributed by atoms with Crippen molar-refractivity contribution in [3.63, 3.8) is 0 Å². The van der Waals surface area contributed by atoms with Gasteiger partial charge >= 0.3 is 0 Å². The average molecular weight is 307 g/mol. The van der Waals surface area contributed by atoms with Gasteiger partial charge in [0.1, 0.15) is 0 Å². The van der Waals surface area contributed by atoms with Crippen LogP contribution in [0.15, 0.2) is 54.7 Å². The number of amides is 1. The Labute approximate surface area is 132 Å². The molecule has 0 spiro atoms. The minimum atomic E-state index is -0.239. The van der Waals surface area contributed by atoms with Crippen molar-refractivity contribution in [2.45, 2.75) is 0 Å². The van der Waals surface area contributed by atoms with Gasteiger partial charge in [-0.3, -0.25) is 9.89 Å². The molecule has 0 bridgehead atoms. The Morgan fingerprint density at radius 2 is 1.91 bits per heavy atom. The van der Waals surface area contributed by atoms with Gasteiger partial charge in [0.15, 0.2) is 11.5 Å². The molecule has 1 aromatic heterocycles. The van der Waals surface area contributed by atoms with Gasteiger partial charge in [-0.05, 0) is 12.1 Å². The number of carbonyl (C=O) groups excluding carboxylic acids is 1. The highest BCUT2D eigenvalue weighted by Gasteiger charge is 2.17. The standard InChI is InChI=1S/C17H13N3O3/c21-17(19-12-6-7-14-15(8-12)23-10-22-14)13-9-18-20-16(13)11-4-2-1-3-5-11/h1-9H,10H2,(H,18,20)(H,19,21). The van der Waals surface area contributed by atoms with Crippen molar-refractivity contribution >= 4 is 11.6 Å². The largest absolute Gasteiger partial charge is 0.454 e. The van der Waals surface area contributed by atoms with Crippen molar-refractivity contribution in [2.75, 3.05) is 12.1 Å². The van der Waals surface area contributed by atoms with E-state index in [0.717, 1.165) is 5.56 Å². The van der Waals surface area contributed by atoms with Crippen LogP contribution < -0.4 is 14.8 Å². The number of aromatic nitrogens is 2. The van der Waals surface area contributed by atoms with Crippen LogP contribution >= 0.6 is 0 Å². The summed E-state index contributed by atoms with van der Waals surface area (Å²) >= 11 is 0. The van der Waals surface area contributed by atoms with Crippen LogP contribution in [0, 0.1) is 0 Å². The molecule has 1 amide bonds. The molecule has 2 N–H and O–H groups in total. The summed E-state index contributed by atoms with van der Waals surface area (Å²) in [5.74, 6) is 1.06. The van der Waals surface area contributed by atoms with Gasteiger partial charge in [0.05, 0.1) is 17.5 Å². The number of fused-ring (bicyclic) bond motifs is 1. The Kier molecular flexibility index (Phi) is 3.20. The summed E-state index contributed by atoms with van der Waals surface area (Å²) in [5.41, 5.74) is 2.71. The van der Waals surface area contributed by atoms with E-state index in [-0.39, 0.29) is 12.7 Å². The molecule has 1 aliphatic heterocycles. The first-order valence-electron chi connectivity index (χ1n) is 7.11. The lowest BCUT2D eigenvalue weighted by Crippen LogP contribution is -2.12. The fourth-order valence-corrected chi connectivity index (χ4v) is 2.46. The first-order chi connectivity index (χ1) is 11.3. The minimum Gasteiger partial charge on any atom is -0.454 e. The summed E-state index contributed by atoms with van der Waals surface area (Å²) in [6, 6.07) is 14.9. The number of benzene rings is 2. The molecular weight excluding hydrogens is 294 g/mol. The van der Waals surface area contributed by atoms with Gasteiger partial charge in [-0.15, -0.1) is 0 Å². The maximum atomic E-state index is 12.5. The van der Waals surface area contributed by atoms with Gasteiger partial charge in [0.25, 0.3) is 5.91 Å². The molecule has 0 radical (unpaired) electrons. The minimum absolute atomic E-state index is 0.201. The van der Waals surface area contributed by atoms with Crippen LogP contribution in [0.25, 0.3) is 11.3 Å². The van der Waals surface area contributed by atoms with Gasteiger partial charge < -0.3 is 14.8 Å². The highest BCUT2D eigenvalue weighted by atomic mass is 16.7. The number of anilines is 1. The number of carbonyl (C=O) groups is 1. The molecule has 2 aromatic carbocycles. The molecule has 23 heavy (non-hydrogen) atoms. The molecule has 0 saturated heterocycles. The van der Waals surface area contributed by atoms with E-state index < -0.39 is 0 Å². The molecule has 114 valence electrons. The maximum Gasteiger partial charge on any atom is 0.259 e. The fourth-order valence-electron chi connectivity index (χ4n) is 2.46. The Hall–Kier alpha value is -3.28. The molecule has 6 nitrogen and oxygen atoms in total. The molecule has 2 heterocycles. The van der Waals surface area contributed by atoms with E-state index in [0.29, 0.717) is 28.4 Å². The number of nitrogens with one attached hydrogen (secondary N) is 2. The van der Waals surface area contributed by atoms with Crippen molar-refractivity contribution in [3.05, 3.63) is 60.3 Å². The molecule has 0 saturated carbocycles. The summed E-state index contributed by atoms with van der Waals surface area (Å²) < 4.78 is 10.6. The maximum absolute atomic E-state index is 12.5.